The molecule has 1 atom stereocenters. The van der Waals surface area contributed by atoms with E-state index in [2.05, 4.69) is 32.7 Å². The van der Waals surface area contributed by atoms with Crippen LogP contribution in [0.3, 0.4) is 0 Å². The summed E-state index contributed by atoms with van der Waals surface area (Å²) in [5, 5.41) is 13.0. The predicted octanol–water partition coefficient (Wildman–Crippen LogP) is 1.70. The highest BCUT2D eigenvalue weighted by Crippen LogP contribution is 2.10. The second kappa shape index (κ2) is 4.06. The Morgan fingerprint density at radius 1 is 1.33 bits per heavy atom. The van der Waals surface area contributed by atoms with Crippen molar-refractivity contribution in [2.45, 2.75) is 45.3 Å². The van der Waals surface area contributed by atoms with Crippen LogP contribution in [0, 0.1) is 0 Å². The number of aliphatic hydroxyl groups is 1. The molecule has 0 aromatic carbocycles. The van der Waals surface area contributed by atoms with Crippen molar-refractivity contribution in [1.82, 2.24) is 5.32 Å². The van der Waals surface area contributed by atoms with Gasteiger partial charge in [0, 0.05) is 12.1 Å². The highest BCUT2D eigenvalue weighted by Gasteiger charge is 2.20. The molecule has 1 unspecified atom stereocenters. The van der Waals surface area contributed by atoms with Crippen LogP contribution in [0.5, 0.6) is 0 Å². The summed E-state index contributed by atoms with van der Waals surface area (Å²) in [5.74, 6) is 0. The molecule has 0 aliphatic heterocycles. The van der Waals surface area contributed by atoms with Crippen molar-refractivity contribution in [3.63, 3.8) is 0 Å². The average molecular weight is 171 g/mol. The maximum absolute atomic E-state index is 9.74. The van der Waals surface area contributed by atoms with Crippen molar-refractivity contribution < 1.29 is 5.11 Å². The van der Waals surface area contributed by atoms with Gasteiger partial charge in [-0.05, 0) is 34.1 Å². The van der Waals surface area contributed by atoms with E-state index in [0.717, 1.165) is 0 Å². The Balaban J connectivity index is 3.83. The average Bonchev–Trinajstić information content (AvgIpc) is 1.83. The Kier molecular flexibility index (Phi) is 3.94. The first-order chi connectivity index (χ1) is 5.27. The lowest BCUT2D eigenvalue weighted by Crippen LogP contribution is -2.45. The molecule has 0 saturated heterocycles. The molecular formula is C10H21NO. The zero-order valence-corrected chi connectivity index (χ0v) is 8.65. The molecule has 0 fully saturated rings. The zero-order valence-electron chi connectivity index (χ0n) is 8.65. The standard InChI is InChI=1S/C10H21NO/c1-6-7-10(5,12)8-11-9(2,3)4/h6,11-12H,1,7-8H2,2-5H3. The molecule has 0 rings (SSSR count). The van der Waals surface area contributed by atoms with Crippen molar-refractivity contribution >= 4 is 0 Å². The lowest BCUT2D eigenvalue weighted by molar-refractivity contribution is 0.0562. The van der Waals surface area contributed by atoms with Gasteiger partial charge in [0.2, 0.25) is 0 Å². The fourth-order valence-electron chi connectivity index (χ4n) is 0.839. The van der Waals surface area contributed by atoms with E-state index in [0.29, 0.717) is 13.0 Å². The van der Waals surface area contributed by atoms with Crippen LogP contribution >= 0.6 is 0 Å². The summed E-state index contributed by atoms with van der Waals surface area (Å²) in [7, 11) is 0. The normalized spacial score (nSPS) is 17.1. The van der Waals surface area contributed by atoms with Gasteiger partial charge < -0.3 is 10.4 Å². The van der Waals surface area contributed by atoms with Crippen LogP contribution in [0.2, 0.25) is 0 Å². The summed E-state index contributed by atoms with van der Waals surface area (Å²) in [6, 6.07) is 0. The third-order valence-electron chi connectivity index (χ3n) is 1.58. The van der Waals surface area contributed by atoms with Crippen molar-refractivity contribution in [3.05, 3.63) is 12.7 Å². The second-order valence-corrected chi connectivity index (χ2v) is 4.59. The number of hydrogen-bond acceptors (Lipinski definition) is 2. The van der Waals surface area contributed by atoms with Crippen LogP contribution in [-0.4, -0.2) is 22.8 Å². The van der Waals surface area contributed by atoms with Gasteiger partial charge in [-0.2, -0.15) is 0 Å². The van der Waals surface area contributed by atoms with Gasteiger partial charge in [0.05, 0.1) is 5.60 Å². The van der Waals surface area contributed by atoms with E-state index in [1.807, 2.05) is 6.92 Å². The molecule has 0 aliphatic rings. The Labute approximate surface area is 75.7 Å². The van der Waals surface area contributed by atoms with E-state index in [9.17, 15) is 5.11 Å². The van der Waals surface area contributed by atoms with E-state index in [-0.39, 0.29) is 5.54 Å². The maximum Gasteiger partial charge on any atom is 0.0777 e. The second-order valence-electron chi connectivity index (χ2n) is 4.59. The largest absolute Gasteiger partial charge is 0.389 e. The highest BCUT2D eigenvalue weighted by molar-refractivity contribution is 4.86. The molecule has 0 aromatic heterocycles. The first kappa shape index (κ1) is 11.7. The smallest absolute Gasteiger partial charge is 0.0777 e. The molecule has 2 heteroatoms. The van der Waals surface area contributed by atoms with Crippen molar-refractivity contribution in [3.8, 4) is 0 Å². The molecule has 0 aromatic rings. The lowest BCUT2D eigenvalue weighted by atomic mass is 10.0. The summed E-state index contributed by atoms with van der Waals surface area (Å²) in [4.78, 5) is 0. The van der Waals surface area contributed by atoms with E-state index in [1.54, 1.807) is 6.08 Å². The van der Waals surface area contributed by atoms with Gasteiger partial charge in [-0.1, -0.05) is 6.08 Å². The third-order valence-corrected chi connectivity index (χ3v) is 1.58. The Morgan fingerprint density at radius 2 is 1.83 bits per heavy atom. The summed E-state index contributed by atoms with van der Waals surface area (Å²) in [6.07, 6.45) is 2.36. The molecule has 0 bridgehead atoms. The first-order valence-electron chi connectivity index (χ1n) is 4.35. The van der Waals surface area contributed by atoms with Gasteiger partial charge in [-0.15, -0.1) is 6.58 Å². The van der Waals surface area contributed by atoms with Crippen LogP contribution in [0.4, 0.5) is 0 Å². The maximum atomic E-state index is 9.74. The van der Waals surface area contributed by atoms with E-state index in [4.69, 9.17) is 0 Å². The minimum Gasteiger partial charge on any atom is -0.389 e. The van der Waals surface area contributed by atoms with Crippen LogP contribution < -0.4 is 5.32 Å². The van der Waals surface area contributed by atoms with Crippen LogP contribution in [-0.2, 0) is 0 Å². The molecule has 0 amide bonds. The molecule has 0 radical (unpaired) electrons. The monoisotopic (exact) mass is 171 g/mol. The van der Waals surface area contributed by atoms with Crippen molar-refractivity contribution in [2.75, 3.05) is 6.54 Å². The van der Waals surface area contributed by atoms with E-state index in [1.165, 1.54) is 0 Å². The summed E-state index contributed by atoms with van der Waals surface area (Å²) < 4.78 is 0. The molecule has 0 heterocycles. The number of hydrogen-bond donors (Lipinski definition) is 2. The summed E-state index contributed by atoms with van der Waals surface area (Å²) in [6.45, 7) is 12.3. The van der Waals surface area contributed by atoms with Gasteiger partial charge in [0.1, 0.15) is 0 Å². The number of rotatable bonds is 4. The molecule has 0 saturated carbocycles. The Hall–Kier alpha value is -0.340. The van der Waals surface area contributed by atoms with Gasteiger partial charge in [-0.25, -0.2) is 0 Å². The Morgan fingerprint density at radius 3 is 2.17 bits per heavy atom. The Bertz CT molecular complexity index is 144. The van der Waals surface area contributed by atoms with Gasteiger partial charge in [0.15, 0.2) is 0 Å². The SMILES string of the molecule is C=CCC(C)(O)CNC(C)(C)C. The van der Waals surface area contributed by atoms with Crippen LogP contribution in [0.1, 0.15) is 34.1 Å². The number of β-amino-alcohol motifs (C(OH)–C–C–N with tert-alkyl or cyclic N) is 1. The van der Waals surface area contributed by atoms with E-state index >= 15 is 0 Å². The van der Waals surface area contributed by atoms with E-state index < -0.39 is 5.60 Å². The number of nitrogens with one attached hydrogen (secondary N) is 1. The first-order valence-corrected chi connectivity index (χ1v) is 4.35. The summed E-state index contributed by atoms with van der Waals surface area (Å²) in [5.41, 5.74) is -0.611. The van der Waals surface area contributed by atoms with Crippen molar-refractivity contribution in [2.24, 2.45) is 0 Å². The highest BCUT2D eigenvalue weighted by atomic mass is 16.3. The quantitative estimate of drug-likeness (QED) is 0.631. The molecule has 2 N–H and O–H groups in total. The van der Waals surface area contributed by atoms with Crippen molar-refractivity contribution in [1.29, 1.82) is 0 Å². The van der Waals surface area contributed by atoms with Gasteiger partial charge in [-0.3, -0.25) is 0 Å². The molecule has 72 valence electrons. The summed E-state index contributed by atoms with van der Waals surface area (Å²) >= 11 is 0. The molecule has 12 heavy (non-hydrogen) atoms. The van der Waals surface area contributed by atoms with Crippen LogP contribution in [0.25, 0.3) is 0 Å². The minimum atomic E-state index is -0.672. The van der Waals surface area contributed by atoms with Gasteiger partial charge >= 0.3 is 0 Å². The van der Waals surface area contributed by atoms with Crippen LogP contribution in [0.15, 0.2) is 12.7 Å². The topological polar surface area (TPSA) is 32.3 Å². The fraction of sp³-hybridized carbons (Fsp3) is 0.800. The third kappa shape index (κ3) is 6.38. The molecule has 0 spiro atoms. The lowest BCUT2D eigenvalue weighted by Gasteiger charge is -2.28. The predicted molar refractivity (Wildman–Crippen MR) is 53.2 cm³/mol. The zero-order chi connectivity index (χ0) is 9.83. The van der Waals surface area contributed by atoms with Gasteiger partial charge in [0.25, 0.3) is 0 Å². The molecule has 2 nitrogen and oxygen atoms in total. The molecular weight excluding hydrogens is 150 g/mol. The fourth-order valence-corrected chi connectivity index (χ4v) is 0.839. The molecule has 0 aliphatic carbocycles. The minimum absolute atomic E-state index is 0.0607.